The highest BCUT2D eigenvalue weighted by molar-refractivity contribution is 7.98. The number of hydrogen-bond donors (Lipinski definition) is 1. The van der Waals surface area contributed by atoms with E-state index >= 15 is 4.39 Å². The summed E-state index contributed by atoms with van der Waals surface area (Å²) in [7, 11) is 4.52. The third-order valence-corrected chi connectivity index (χ3v) is 7.79. The number of carbonyl (C=O) groups is 1. The van der Waals surface area contributed by atoms with Crippen LogP contribution in [0.3, 0.4) is 0 Å². The van der Waals surface area contributed by atoms with Crippen LogP contribution in [0.4, 0.5) is 4.39 Å². The van der Waals surface area contributed by atoms with Gasteiger partial charge in [-0.15, -0.1) is 21.9 Å². The molecule has 2 aromatic carbocycles. The van der Waals surface area contributed by atoms with Crippen LogP contribution in [-0.4, -0.2) is 50.9 Å². The van der Waals surface area contributed by atoms with E-state index in [0.717, 1.165) is 11.6 Å². The molecule has 212 valence electrons. The van der Waals surface area contributed by atoms with Crippen molar-refractivity contribution in [2.45, 2.75) is 29.4 Å². The molecule has 0 bridgehead atoms. The van der Waals surface area contributed by atoms with Crippen LogP contribution in [0.15, 0.2) is 58.3 Å². The molecule has 0 saturated carbocycles. The molecule has 0 radical (unpaired) electrons. The van der Waals surface area contributed by atoms with E-state index in [-0.39, 0.29) is 5.43 Å². The first kappa shape index (κ1) is 28.9. The summed E-state index contributed by atoms with van der Waals surface area (Å²) in [6, 6.07) is 6.13. The molecule has 2 aliphatic rings. The van der Waals surface area contributed by atoms with Crippen molar-refractivity contribution < 1.29 is 33.3 Å². The lowest BCUT2D eigenvalue weighted by molar-refractivity contribution is -0.760. The van der Waals surface area contributed by atoms with Gasteiger partial charge in [0.05, 0.1) is 38.2 Å². The molecule has 1 amide bonds. The first-order chi connectivity index (χ1) is 19.2. The number of nitrogens with zero attached hydrogens (tertiary/aromatic N) is 1. The summed E-state index contributed by atoms with van der Waals surface area (Å²) in [5.74, 6) is -0.850. The minimum atomic E-state index is -2.44. The molecule has 3 atom stereocenters. The monoisotopic (exact) mass is 572 g/mol. The van der Waals surface area contributed by atoms with Gasteiger partial charge >= 0.3 is 0 Å². The largest absolute Gasteiger partial charge is 0.493 e. The Morgan fingerprint density at radius 1 is 1.18 bits per heavy atom. The fraction of sp³-hybridized carbons (Fsp3) is 0.357. The van der Waals surface area contributed by atoms with Crippen LogP contribution < -0.4 is 25.0 Å². The van der Waals surface area contributed by atoms with E-state index in [2.05, 4.69) is 10.2 Å². The van der Waals surface area contributed by atoms with Gasteiger partial charge in [0.2, 0.25) is 11.7 Å². The van der Waals surface area contributed by atoms with E-state index in [0.29, 0.717) is 51.7 Å². The molecule has 0 fully saturated rings. The minimum Gasteiger partial charge on any atom is -0.493 e. The number of rotatable bonds is 9. The van der Waals surface area contributed by atoms with Crippen molar-refractivity contribution in [3.63, 3.8) is 0 Å². The first-order valence-electron chi connectivity index (χ1n) is 12.3. The second-order valence-electron chi connectivity index (χ2n) is 9.20. The Bertz CT molecular complexity index is 1450. The van der Waals surface area contributed by atoms with Gasteiger partial charge in [0.1, 0.15) is 6.61 Å². The molecule has 0 spiro atoms. The standard InChI is InChI=1S/C28H29FN2O8S/c1-36-22-13-16-8-10-20(30-27(33)19-7-5-6-12-28(19,29)15-39-31(34)35)18-14-21(32)23(40-4)11-9-17(18)24(16)26(38-3)25(22)37-2/h5-7,9,11-14,19-20H,8,10,15H2,1-4H3,(H,30,33)/t19?,20-,28?/m0/s1. The Labute approximate surface area is 234 Å². The van der Waals surface area contributed by atoms with Crippen molar-refractivity contribution in [2.75, 3.05) is 34.2 Å². The maximum Gasteiger partial charge on any atom is 0.294 e. The van der Waals surface area contributed by atoms with Gasteiger partial charge in [0.15, 0.2) is 22.6 Å². The number of alkyl halides is 1. The van der Waals surface area contributed by atoms with Gasteiger partial charge in [-0.1, -0.05) is 24.3 Å². The highest BCUT2D eigenvalue weighted by Crippen LogP contribution is 2.50. The molecular formula is C28H29FN2O8S. The highest BCUT2D eigenvalue weighted by Gasteiger charge is 2.43. The molecule has 10 nitrogen and oxygen atoms in total. The molecule has 2 unspecified atom stereocenters. The fourth-order valence-corrected chi connectivity index (χ4v) is 5.59. The van der Waals surface area contributed by atoms with E-state index in [1.54, 1.807) is 18.4 Å². The number of carbonyl (C=O) groups excluding carboxylic acids is 1. The minimum absolute atomic E-state index is 0.240. The summed E-state index contributed by atoms with van der Waals surface area (Å²) < 4.78 is 32.7. The van der Waals surface area contributed by atoms with Gasteiger partial charge in [0, 0.05) is 5.56 Å². The number of aryl methyl sites for hydroxylation is 1. The molecule has 1 N–H and O–H groups in total. The van der Waals surface area contributed by atoms with Gasteiger partial charge in [-0.05, 0) is 60.1 Å². The maximum absolute atomic E-state index is 15.8. The summed E-state index contributed by atoms with van der Waals surface area (Å²) in [4.78, 5) is 42.2. The number of fused-ring (bicyclic) bond motifs is 3. The Kier molecular flexibility index (Phi) is 8.67. The zero-order chi connectivity index (χ0) is 29.0. The number of thioether (sulfide) groups is 1. The number of nitrogens with one attached hydrogen (secondary N) is 1. The van der Waals surface area contributed by atoms with E-state index in [4.69, 9.17) is 14.2 Å². The average Bonchev–Trinajstić information content (AvgIpc) is 3.19. The summed E-state index contributed by atoms with van der Waals surface area (Å²) in [6.45, 7) is -0.945. The third-order valence-electron chi connectivity index (χ3n) is 7.02. The SMILES string of the molecule is COc1cc2c(c(OC)c1OC)-c1ccc(SC)c(=O)cc1[C@@H](NC(=O)C1C=CC=CC1(F)CO[N+](=O)[O-])CC2. The second kappa shape index (κ2) is 12.0. The number of amides is 1. The van der Waals surface area contributed by atoms with E-state index in [1.807, 2.05) is 6.07 Å². The van der Waals surface area contributed by atoms with Gasteiger partial charge in [0.25, 0.3) is 5.09 Å². The molecule has 0 aromatic heterocycles. The first-order valence-corrected chi connectivity index (χ1v) is 13.6. The molecule has 2 aliphatic carbocycles. The van der Waals surface area contributed by atoms with Gasteiger partial charge in [-0.2, -0.15) is 0 Å². The fourth-order valence-electron chi connectivity index (χ4n) is 5.13. The summed E-state index contributed by atoms with van der Waals surface area (Å²) >= 11 is 1.29. The molecule has 0 saturated heterocycles. The van der Waals surface area contributed by atoms with Crippen molar-refractivity contribution in [3.8, 4) is 28.4 Å². The highest BCUT2D eigenvalue weighted by atomic mass is 32.2. The van der Waals surface area contributed by atoms with Crippen LogP contribution >= 0.6 is 11.8 Å². The van der Waals surface area contributed by atoms with Gasteiger partial charge in [-0.3, -0.25) is 9.59 Å². The number of ether oxygens (including phenoxy) is 3. The Hall–Kier alpha value is -4.06. The van der Waals surface area contributed by atoms with Crippen LogP contribution in [0.5, 0.6) is 17.2 Å². The Morgan fingerprint density at radius 3 is 2.58 bits per heavy atom. The van der Waals surface area contributed by atoms with Crippen molar-refractivity contribution >= 4 is 17.7 Å². The predicted molar refractivity (Wildman–Crippen MR) is 147 cm³/mol. The van der Waals surface area contributed by atoms with Crippen LogP contribution in [0.25, 0.3) is 11.1 Å². The van der Waals surface area contributed by atoms with Gasteiger partial charge in [-0.25, -0.2) is 4.39 Å². The maximum atomic E-state index is 15.8. The number of hydrogen-bond acceptors (Lipinski definition) is 9. The van der Waals surface area contributed by atoms with E-state index < -0.39 is 35.2 Å². The van der Waals surface area contributed by atoms with Crippen molar-refractivity contribution in [2.24, 2.45) is 5.92 Å². The van der Waals surface area contributed by atoms with Crippen LogP contribution in [-0.2, 0) is 16.1 Å². The summed E-state index contributed by atoms with van der Waals surface area (Å²) in [5, 5.41) is 12.5. The van der Waals surface area contributed by atoms with Gasteiger partial charge < -0.3 is 24.4 Å². The van der Waals surface area contributed by atoms with Crippen LogP contribution in [0.1, 0.15) is 23.6 Å². The lowest BCUT2D eigenvalue weighted by atomic mass is 9.85. The normalized spacial score (nSPS) is 20.9. The molecule has 4 rings (SSSR count). The molecule has 0 aliphatic heterocycles. The second-order valence-corrected chi connectivity index (χ2v) is 10.1. The Balaban J connectivity index is 1.84. The van der Waals surface area contributed by atoms with Crippen molar-refractivity contribution in [1.82, 2.24) is 5.32 Å². The summed E-state index contributed by atoms with van der Waals surface area (Å²) in [6.07, 6.45) is 7.87. The topological polar surface area (TPSA) is 126 Å². The molecule has 40 heavy (non-hydrogen) atoms. The number of halogens is 1. The lowest BCUT2D eigenvalue weighted by Crippen LogP contribution is -2.47. The van der Waals surface area contributed by atoms with E-state index in [1.165, 1.54) is 57.4 Å². The number of methoxy groups -OCH3 is 3. The van der Waals surface area contributed by atoms with Crippen molar-refractivity contribution in [1.29, 1.82) is 0 Å². The number of benzene rings is 1. The zero-order valence-corrected chi connectivity index (χ0v) is 23.2. The molecule has 0 heterocycles. The average molecular weight is 573 g/mol. The molecule has 12 heteroatoms. The Morgan fingerprint density at radius 2 is 1.93 bits per heavy atom. The van der Waals surface area contributed by atoms with Crippen molar-refractivity contribution in [3.05, 3.63) is 80.0 Å². The summed E-state index contributed by atoms with van der Waals surface area (Å²) in [5.41, 5.74) is 0.00433. The zero-order valence-electron chi connectivity index (χ0n) is 22.4. The quantitative estimate of drug-likeness (QED) is 0.267. The predicted octanol–water partition coefficient (Wildman–Crippen LogP) is 4.22. The number of allylic oxidation sites excluding steroid dienone is 2. The lowest BCUT2D eigenvalue weighted by Gasteiger charge is -2.31. The molecule has 2 aromatic rings. The smallest absolute Gasteiger partial charge is 0.294 e. The van der Waals surface area contributed by atoms with E-state index in [9.17, 15) is 19.7 Å². The molecular weight excluding hydrogens is 543 g/mol. The van der Waals surface area contributed by atoms with Crippen LogP contribution in [0.2, 0.25) is 0 Å². The van der Waals surface area contributed by atoms with Crippen LogP contribution in [0, 0.1) is 16.0 Å². The third kappa shape index (κ3) is 5.48.